The zero-order valence-electron chi connectivity index (χ0n) is 30.5. The summed E-state index contributed by atoms with van der Waals surface area (Å²) in [5.41, 5.74) is 4.13. The topological polar surface area (TPSA) is 38.7 Å². The molecular formula is C38H71NO2. The van der Waals surface area contributed by atoms with Crippen LogP contribution in [0, 0.1) is 17.3 Å². The Kier molecular flexibility index (Phi) is 26.5. The predicted octanol–water partition coefficient (Wildman–Crippen LogP) is 12.3. The third-order valence-corrected chi connectivity index (χ3v) is 6.80. The van der Waals surface area contributed by atoms with E-state index in [1.807, 2.05) is 26.0 Å². The molecule has 240 valence electrons. The van der Waals surface area contributed by atoms with Crippen molar-refractivity contribution in [2.24, 2.45) is 22.2 Å². The Morgan fingerprint density at radius 2 is 1.49 bits per heavy atom. The summed E-state index contributed by atoms with van der Waals surface area (Å²) >= 11 is 0. The van der Waals surface area contributed by atoms with E-state index in [-0.39, 0.29) is 16.8 Å². The molecule has 0 saturated heterocycles. The molecule has 0 aliphatic rings. The second kappa shape index (κ2) is 24.8. The number of rotatable bonds is 15. The lowest BCUT2D eigenvalue weighted by Gasteiger charge is -2.24. The van der Waals surface area contributed by atoms with Crippen molar-refractivity contribution >= 4 is 12.0 Å². The largest absolute Gasteiger partial charge is 0.376 e. The number of ether oxygens (including phenoxy) is 1. The molecule has 0 heterocycles. The van der Waals surface area contributed by atoms with Gasteiger partial charge in [-0.3, -0.25) is 9.79 Å². The third kappa shape index (κ3) is 23.5. The molecule has 0 aromatic heterocycles. The Balaban J connectivity index is -0.00000269. The number of nitrogens with zero attached hydrogens (tertiary/aromatic N) is 1. The van der Waals surface area contributed by atoms with Gasteiger partial charge in [-0.05, 0) is 102 Å². The zero-order chi connectivity index (χ0) is 32.6. The summed E-state index contributed by atoms with van der Waals surface area (Å²) in [6, 6.07) is 0. The Bertz CT molecular complexity index is 825. The van der Waals surface area contributed by atoms with Crippen molar-refractivity contribution < 1.29 is 9.53 Å². The molecule has 0 fully saturated rings. The van der Waals surface area contributed by atoms with Crippen molar-refractivity contribution in [1.29, 1.82) is 0 Å². The van der Waals surface area contributed by atoms with Gasteiger partial charge in [0.15, 0.2) is 5.78 Å². The van der Waals surface area contributed by atoms with Crippen LogP contribution in [0.5, 0.6) is 0 Å². The van der Waals surface area contributed by atoms with Crippen molar-refractivity contribution in [3.05, 3.63) is 46.7 Å². The first kappa shape index (κ1) is 43.7. The van der Waals surface area contributed by atoms with E-state index in [4.69, 9.17) is 9.73 Å². The molecule has 2 unspecified atom stereocenters. The Labute approximate surface area is 258 Å². The van der Waals surface area contributed by atoms with Gasteiger partial charge in [0.2, 0.25) is 0 Å². The van der Waals surface area contributed by atoms with E-state index in [1.165, 1.54) is 17.6 Å². The summed E-state index contributed by atoms with van der Waals surface area (Å²) in [7, 11) is 0. The van der Waals surface area contributed by atoms with Gasteiger partial charge in [0.25, 0.3) is 0 Å². The molecule has 41 heavy (non-hydrogen) atoms. The molecular weight excluding hydrogens is 502 g/mol. The maximum absolute atomic E-state index is 13.0. The molecule has 0 radical (unpaired) electrons. The molecule has 3 nitrogen and oxygen atoms in total. The molecule has 0 amide bonds. The zero-order valence-corrected chi connectivity index (χ0v) is 30.5. The second-order valence-electron chi connectivity index (χ2n) is 12.9. The van der Waals surface area contributed by atoms with Crippen molar-refractivity contribution in [2.45, 2.75) is 161 Å². The quantitative estimate of drug-likeness (QED) is 0.111. The summed E-state index contributed by atoms with van der Waals surface area (Å²) in [5, 5.41) is 0. The van der Waals surface area contributed by atoms with Crippen LogP contribution in [-0.2, 0) is 9.53 Å². The normalized spacial score (nSPS) is 15.1. The van der Waals surface area contributed by atoms with Gasteiger partial charge < -0.3 is 4.74 Å². The number of hydrogen-bond donors (Lipinski definition) is 0. The van der Waals surface area contributed by atoms with Crippen LogP contribution in [0.15, 0.2) is 51.7 Å². The summed E-state index contributed by atoms with van der Waals surface area (Å²) in [5.74, 6) is 0.986. The number of carbonyl (C=O) groups is 1. The van der Waals surface area contributed by atoms with Crippen LogP contribution in [0.2, 0.25) is 0 Å². The summed E-state index contributed by atoms with van der Waals surface area (Å²) < 4.78 is 6.01. The molecule has 0 N–H and O–H groups in total. The van der Waals surface area contributed by atoms with Gasteiger partial charge in [0.05, 0.1) is 17.9 Å². The summed E-state index contributed by atoms with van der Waals surface area (Å²) in [4.78, 5) is 17.9. The molecule has 3 heteroatoms. The predicted molar refractivity (Wildman–Crippen MR) is 187 cm³/mol. The minimum absolute atomic E-state index is 0.0237. The minimum atomic E-state index is -0.113. The first-order chi connectivity index (χ1) is 19.1. The van der Waals surface area contributed by atoms with Crippen LogP contribution in [0.1, 0.15) is 156 Å². The minimum Gasteiger partial charge on any atom is -0.376 e. The van der Waals surface area contributed by atoms with Gasteiger partial charge in [0, 0.05) is 11.8 Å². The summed E-state index contributed by atoms with van der Waals surface area (Å²) in [6.07, 6.45) is 17.0. The van der Waals surface area contributed by atoms with Gasteiger partial charge in [0.1, 0.15) is 0 Å². The average Bonchev–Trinajstić information content (AvgIpc) is 2.90. The van der Waals surface area contributed by atoms with E-state index >= 15 is 0 Å². The van der Waals surface area contributed by atoms with Crippen LogP contribution in [0.3, 0.4) is 0 Å². The Hall–Kier alpha value is -1.74. The fourth-order valence-corrected chi connectivity index (χ4v) is 3.51. The van der Waals surface area contributed by atoms with Gasteiger partial charge in [-0.1, -0.05) is 107 Å². The maximum atomic E-state index is 13.0. The lowest BCUT2D eigenvalue weighted by Crippen LogP contribution is -2.23. The molecule has 2 atom stereocenters. The number of carbonyl (C=O) groups excluding carboxylic acids is 1. The van der Waals surface area contributed by atoms with E-state index in [9.17, 15) is 4.79 Å². The highest BCUT2D eigenvalue weighted by molar-refractivity contribution is 6.18. The number of aliphatic imine (C=N–C) groups is 1. The standard InChI is InChI=1S/C33H57NO2.C3H8.C2H6/c1-13-18-28(24-36-33(10,11)12)20-16-17-21-31(35)29(19-14-2)23-34-30(27(6)25(4)15-3)22-26(5)32(7,8)9;1-3-2;1-2/h17,19,21-23,25,28H,13-16,18,20,24H2,1-12H3;3H2,1-2H3;1-2H3/b21-17+,26-22+,29-19-,30-27+,34-23+;;. The first-order valence-corrected chi connectivity index (χ1v) is 16.6. The van der Waals surface area contributed by atoms with Crippen molar-refractivity contribution in [3.8, 4) is 0 Å². The number of ketones is 1. The lowest BCUT2D eigenvalue weighted by molar-refractivity contribution is -0.110. The average molecular weight is 574 g/mol. The third-order valence-electron chi connectivity index (χ3n) is 6.80. The van der Waals surface area contributed by atoms with E-state index in [2.05, 4.69) is 103 Å². The molecule has 0 rings (SSSR count). The molecule has 0 aliphatic carbocycles. The van der Waals surface area contributed by atoms with Gasteiger partial charge in [-0.2, -0.15) is 0 Å². The van der Waals surface area contributed by atoms with Gasteiger partial charge >= 0.3 is 0 Å². The van der Waals surface area contributed by atoms with Crippen molar-refractivity contribution in [2.75, 3.05) is 6.61 Å². The summed E-state index contributed by atoms with van der Waals surface area (Å²) in [6.45, 7) is 35.0. The van der Waals surface area contributed by atoms with Gasteiger partial charge in [-0.15, -0.1) is 0 Å². The van der Waals surface area contributed by atoms with E-state index < -0.39 is 0 Å². The van der Waals surface area contributed by atoms with Crippen LogP contribution in [0.25, 0.3) is 0 Å². The lowest BCUT2D eigenvalue weighted by atomic mass is 9.86. The van der Waals surface area contributed by atoms with E-state index in [0.29, 0.717) is 17.4 Å². The Morgan fingerprint density at radius 3 is 1.93 bits per heavy atom. The molecule has 0 aromatic carbocycles. The molecule has 0 aromatic rings. The highest BCUT2D eigenvalue weighted by atomic mass is 16.5. The number of hydrogen-bond acceptors (Lipinski definition) is 3. The molecule has 0 spiro atoms. The SMILES string of the molecule is CC.CC/C=C(/C=N/C(/C=C(\C)C(C)(C)C)=C(\C)C(C)CC)C(=O)/C=C/CCC(CCC)COC(C)(C)C.CCC. The fourth-order valence-electron chi connectivity index (χ4n) is 3.51. The smallest absolute Gasteiger partial charge is 0.186 e. The van der Waals surface area contributed by atoms with E-state index in [0.717, 1.165) is 50.8 Å². The molecule has 0 bridgehead atoms. The molecule has 0 aliphatic heterocycles. The molecule has 0 saturated carbocycles. The maximum Gasteiger partial charge on any atom is 0.186 e. The van der Waals surface area contributed by atoms with Crippen LogP contribution < -0.4 is 0 Å². The number of allylic oxidation sites excluding steroid dienone is 7. The fraction of sp³-hybridized carbons (Fsp3) is 0.737. The van der Waals surface area contributed by atoms with Gasteiger partial charge in [-0.25, -0.2) is 0 Å². The van der Waals surface area contributed by atoms with Crippen molar-refractivity contribution in [1.82, 2.24) is 0 Å². The monoisotopic (exact) mass is 574 g/mol. The Morgan fingerprint density at radius 1 is 0.927 bits per heavy atom. The van der Waals surface area contributed by atoms with E-state index in [1.54, 1.807) is 12.3 Å². The van der Waals surface area contributed by atoms with Crippen LogP contribution in [0.4, 0.5) is 0 Å². The highest BCUT2D eigenvalue weighted by Gasteiger charge is 2.16. The second-order valence-corrected chi connectivity index (χ2v) is 12.9. The first-order valence-electron chi connectivity index (χ1n) is 16.6. The van der Waals surface area contributed by atoms with Crippen LogP contribution in [-0.4, -0.2) is 24.2 Å². The van der Waals surface area contributed by atoms with Crippen LogP contribution >= 0.6 is 0 Å². The van der Waals surface area contributed by atoms with Crippen molar-refractivity contribution in [3.63, 3.8) is 0 Å². The highest BCUT2D eigenvalue weighted by Crippen LogP contribution is 2.28.